The van der Waals surface area contributed by atoms with Gasteiger partial charge in [-0.3, -0.25) is 14.4 Å². The number of anilines is 1. The highest BCUT2D eigenvalue weighted by Gasteiger charge is 2.29. The number of aromatic amines is 1. The maximum Gasteiger partial charge on any atom is 0.256 e. The molecule has 0 aliphatic carbocycles. The van der Waals surface area contributed by atoms with Gasteiger partial charge in [0.05, 0.1) is 17.2 Å². The fourth-order valence-corrected chi connectivity index (χ4v) is 5.35. The molecule has 0 bridgehead atoms. The molecule has 3 aromatic rings. The summed E-state index contributed by atoms with van der Waals surface area (Å²) in [6.45, 7) is 8.88. The minimum Gasteiger partial charge on any atom is -0.358 e. The summed E-state index contributed by atoms with van der Waals surface area (Å²) in [6.07, 6.45) is 1.79. The average molecular weight is 526 g/mol. The Morgan fingerprint density at radius 3 is 2.41 bits per heavy atom. The SMILES string of the molecule is Cc1[nH]c(C=C2C(=O)Nc3ccc(C(=O)N(C)[C@H](C)c4ccccc4)cc32)c(C)c1C(=O)N1CCN(C)CC1. The molecule has 8 heteroatoms. The van der Waals surface area contributed by atoms with Crippen LogP contribution in [-0.4, -0.2) is 77.7 Å². The zero-order valence-electron chi connectivity index (χ0n) is 23.2. The maximum atomic E-state index is 13.4. The van der Waals surface area contributed by atoms with Crippen molar-refractivity contribution in [1.82, 2.24) is 19.7 Å². The molecule has 1 saturated heterocycles. The molecule has 39 heavy (non-hydrogen) atoms. The number of nitrogens with one attached hydrogen (secondary N) is 2. The van der Waals surface area contributed by atoms with E-state index in [-0.39, 0.29) is 23.8 Å². The number of benzene rings is 2. The number of carbonyl (C=O) groups excluding carboxylic acids is 3. The van der Waals surface area contributed by atoms with Crippen molar-refractivity contribution < 1.29 is 14.4 Å². The molecular weight excluding hydrogens is 490 g/mol. The van der Waals surface area contributed by atoms with Gasteiger partial charge in [0.25, 0.3) is 17.7 Å². The predicted molar refractivity (Wildman–Crippen MR) is 154 cm³/mol. The first kappa shape index (κ1) is 26.4. The third-order valence-electron chi connectivity index (χ3n) is 8.00. The van der Waals surface area contributed by atoms with Gasteiger partial charge >= 0.3 is 0 Å². The second-order valence-electron chi connectivity index (χ2n) is 10.5. The van der Waals surface area contributed by atoms with E-state index in [4.69, 9.17) is 0 Å². The van der Waals surface area contributed by atoms with Crippen LogP contribution in [0.25, 0.3) is 11.6 Å². The zero-order chi connectivity index (χ0) is 27.8. The van der Waals surface area contributed by atoms with Gasteiger partial charge in [-0.15, -0.1) is 0 Å². The Kier molecular flexibility index (Phi) is 7.14. The Morgan fingerprint density at radius 1 is 1.03 bits per heavy atom. The van der Waals surface area contributed by atoms with E-state index in [1.54, 1.807) is 36.2 Å². The van der Waals surface area contributed by atoms with Gasteiger partial charge in [0.15, 0.2) is 0 Å². The van der Waals surface area contributed by atoms with Crippen molar-refractivity contribution in [3.05, 3.63) is 87.7 Å². The first-order chi connectivity index (χ1) is 18.7. The predicted octanol–water partition coefficient (Wildman–Crippen LogP) is 4.35. The van der Waals surface area contributed by atoms with Crippen LogP contribution in [-0.2, 0) is 4.79 Å². The van der Waals surface area contributed by atoms with Gasteiger partial charge in [-0.2, -0.15) is 0 Å². The molecule has 2 N–H and O–H groups in total. The van der Waals surface area contributed by atoms with Crippen LogP contribution in [0.5, 0.6) is 0 Å². The van der Waals surface area contributed by atoms with Crippen molar-refractivity contribution in [2.24, 2.45) is 0 Å². The van der Waals surface area contributed by atoms with Gasteiger partial charge < -0.3 is 25.0 Å². The van der Waals surface area contributed by atoms with E-state index in [0.717, 1.165) is 35.6 Å². The molecule has 202 valence electrons. The van der Waals surface area contributed by atoms with E-state index < -0.39 is 0 Å². The number of carbonyl (C=O) groups is 3. The number of nitrogens with zero attached hydrogens (tertiary/aromatic N) is 3. The number of aryl methyl sites for hydroxylation is 1. The van der Waals surface area contributed by atoms with Crippen molar-refractivity contribution in [3.63, 3.8) is 0 Å². The van der Waals surface area contributed by atoms with E-state index in [1.165, 1.54) is 0 Å². The van der Waals surface area contributed by atoms with Gasteiger partial charge in [0, 0.05) is 61.4 Å². The highest BCUT2D eigenvalue weighted by atomic mass is 16.2. The zero-order valence-corrected chi connectivity index (χ0v) is 23.2. The van der Waals surface area contributed by atoms with Gasteiger partial charge in [-0.1, -0.05) is 30.3 Å². The average Bonchev–Trinajstić information content (AvgIpc) is 3.41. The van der Waals surface area contributed by atoms with Crippen LogP contribution in [0.3, 0.4) is 0 Å². The molecule has 3 heterocycles. The van der Waals surface area contributed by atoms with Gasteiger partial charge in [-0.05, 0) is 63.2 Å². The third kappa shape index (κ3) is 5.00. The van der Waals surface area contributed by atoms with Crippen LogP contribution < -0.4 is 5.32 Å². The molecule has 2 aliphatic heterocycles. The summed E-state index contributed by atoms with van der Waals surface area (Å²) < 4.78 is 0. The Labute approximate surface area is 229 Å². The fourth-order valence-electron chi connectivity index (χ4n) is 5.35. The molecule has 1 fully saturated rings. The van der Waals surface area contributed by atoms with Crippen LogP contribution in [0.4, 0.5) is 5.69 Å². The van der Waals surface area contributed by atoms with Crippen LogP contribution in [0.15, 0.2) is 48.5 Å². The highest BCUT2D eigenvalue weighted by molar-refractivity contribution is 6.35. The summed E-state index contributed by atoms with van der Waals surface area (Å²) in [4.78, 5) is 48.9. The number of aromatic nitrogens is 1. The van der Waals surface area contributed by atoms with Crippen molar-refractivity contribution in [3.8, 4) is 0 Å². The Morgan fingerprint density at radius 2 is 1.72 bits per heavy atom. The Balaban J connectivity index is 1.43. The number of likely N-dealkylation sites (N-methyl/N-ethyl adjacent to an activating group) is 1. The second kappa shape index (κ2) is 10.5. The van der Waals surface area contributed by atoms with Crippen LogP contribution in [0.1, 0.15) is 61.8 Å². The molecule has 0 spiro atoms. The van der Waals surface area contributed by atoms with Gasteiger partial charge in [0.2, 0.25) is 0 Å². The van der Waals surface area contributed by atoms with Crippen molar-refractivity contribution in [2.75, 3.05) is 45.6 Å². The van der Waals surface area contributed by atoms with Crippen LogP contribution in [0, 0.1) is 13.8 Å². The molecule has 1 aromatic heterocycles. The van der Waals surface area contributed by atoms with Crippen LogP contribution in [0.2, 0.25) is 0 Å². The number of hydrogen-bond acceptors (Lipinski definition) is 4. The smallest absolute Gasteiger partial charge is 0.256 e. The summed E-state index contributed by atoms with van der Waals surface area (Å²) >= 11 is 0. The summed E-state index contributed by atoms with van der Waals surface area (Å²) in [7, 11) is 3.85. The lowest BCUT2D eigenvalue weighted by Crippen LogP contribution is -2.47. The number of piperazine rings is 1. The number of amides is 3. The molecule has 8 nitrogen and oxygen atoms in total. The van der Waals surface area contributed by atoms with E-state index in [0.29, 0.717) is 41.0 Å². The maximum absolute atomic E-state index is 13.4. The van der Waals surface area contributed by atoms with Crippen molar-refractivity contribution in [2.45, 2.75) is 26.8 Å². The highest BCUT2D eigenvalue weighted by Crippen LogP contribution is 2.35. The molecule has 1 atom stereocenters. The summed E-state index contributed by atoms with van der Waals surface area (Å²) in [5.41, 5.74) is 6.32. The number of H-pyrrole nitrogens is 1. The molecule has 5 rings (SSSR count). The summed E-state index contributed by atoms with van der Waals surface area (Å²) in [5, 5.41) is 2.91. The molecule has 0 radical (unpaired) electrons. The second-order valence-corrected chi connectivity index (χ2v) is 10.5. The monoisotopic (exact) mass is 525 g/mol. The van der Waals surface area contributed by atoms with E-state index >= 15 is 0 Å². The lowest BCUT2D eigenvalue weighted by atomic mass is 10.0. The molecule has 2 aromatic carbocycles. The normalized spacial score (nSPS) is 17.2. The molecule has 0 unspecified atom stereocenters. The fraction of sp³-hybridized carbons (Fsp3) is 0.323. The Bertz CT molecular complexity index is 1460. The first-order valence-corrected chi connectivity index (χ1v) is 13.3. The quantitative estimate of drug-likeness (QED) is 0.485. The van der Waals surface area contributed by atoms with Crippen molar-refractivity contribution in [1.29, 1.82) is 0 Å². The molecule has 0 saturated carbocycles. The van der Waals surface area contributed by atoms with Gasteiger partial charge in [-0.25, -0.2) is 0 Å². The lowest BCUT2D eigenvalue weighted by Gasteiger charge is -2.32. The third-order valence-corrected chi connectivity index (χ3v) is 8.00. The summed E-state index contributed by atoms with van der Waals surface area (Å²) in [5.74, 6) is -0.349. The van der Waals surface area contributed by atoms with Gasteiger partial charge in [0.1, 0.15) is 0 Å². The van der Waals surface area contributed by atoms with E-state index in [1.807, 2.05) is 56.0 Å². The Hall–Kier alpha value is -4.17. The minimum absolute atomic E-state index is 0.0127. The summed E-state index contributed by atoms with van der Waals surface area (Å²) in [6, 6.07) is 15.1. The topological polar surface area (TPSA) is 88.8 Å². The first-order valence-electron chi connectivity index (χ1n) is 13.3. The number of fused-ring (bicyclic) bond motifs is 1. The molecule has 2 aliphatic rings. The number of rotatable bonds is 5. The molecule has 3 amide bonds. The number of hydrogen-bond donors (Lipinski definition) is 2. The van der Waals surface area contributed by atoms with Crippen molar-refractivity contribution >= 4 is 35.1 Å². The lowest BCUT2D eigenvalue weighted by molar-refractivity contribution is -0.110. The van der Waals surface area contributed by atoms with E-state index in [9.17, 15) is 14.4 Å². The van der Waals surface area contributed by atoms with Crippen LogP contribution >= 0.6 is 0 Å². The largest absolute Gasteiger partial charge is 0.358 e. The minimum atomic E-state index is -0.237. The standard InChI is InChI=1S/C31H35N5O3/c1-19-27(32-20(2)28(19)31(39)36-15-13-34(4)14-16-36)18-25-24-17-23(11-12-26(24)33-29(25)37)30(38)35(5)21(3)22-9-7-6-8-10-22/h6-12,17-18,21,32H,13-16H2,1-5H3,(H,33,37)/t21-/m1/s1. The van der Waals surface area contributed by atoms with E-state index in [2.05, 4.69) is 22.2 Å². The molecular formula is C31H35N5O3.